The van der Waals surface area contributed by atoms with Gasteiger partial charge in [0.2, 0.25) is 0 Å². The van der Waals surface area contributed by atoms with Gasteiger partial charge in [-0.25, -0.2) is 0 Å². The third-order valence-electron chi connectivity index (χ3n) is 5.71. The van der Waals surface area contributed by atoms with Crippen LogP contribution in [0.1, 0.15) is 39.3 Å². The lowest BCUT2D eigenvalue weighted by Crippen LogP contribution is -2.29. The van der Waals surface area contributed by atoms with Crippen molar-refractivity contribution < 1.29 is 4.79 Å². The van der Waals surface area contributed by atoms with Gasteiger partial charge in [0.15, 0.2) is 12.0 Å². The molecule has 3 aromatic carbocycles. The van der Waals surface area contributed by atoms with Gasteiger partial charge in [0, 0.05) is 36.5 Å². The number of aromatic nitrogens is 3. The van der Waals surface area contributed by atoms with Gasteiger partial charge in [-0.05, 0) is 37.3 Å². The summed E-state index contributed by atoms with van der Waals surface area (Å²) >= 11 is 0. The molecular formula is C26H24N6O. The smallest absolute Gasteiger partial charge is 0.253 e. The highest BCUT2D eigenvalue weighted by atomic mass is 16.1. The Bertz CT molecular complexity index is 1340. The molecule has 7 heteroatoms. The topological polar surface area (TPSA) is 75.4 Å². The van der Waals surface area contributed by atoms with E-state index in [1.807, 2.05) is 109 Å². The van der Waals surface area contributed by atoms with Crippen molar-refractivity contribution in [2.45, 2.75) is 13.1 Å². The van der Waals surface area contributed by atoms with Crippen molar-refractivity contribution in [2.24, 2.45) is 4.99 Å². The average Bonchev–Trinajstić information content (AvgIpc) is 3.16. The third kappa shape index (κ3) is 3.78. The van der Waals surface area contributed by atoms with Gasteiger partial charge in [-0.15, -0.1) is 10.2 Å². The van der Waals surface area contributed by atoms with Crippen molar-refractivity contribution in [3.63, 3.8) is 0 Å². The van der Waals surface area contributed by atoms with Crippen molar-refractivity contribution in [3.05, 3.63) is 107 Å². The van der Waals surface area contributed by atoms with E-state index in [2.05, 4.69) is 15.5 Å². The molecule has 33 heavy (non-hydrogen) atoms. The number of hydrogen-bond donors (Lipinski definition) is 1. The first-order valence-electron chi connectivity index (χ1n) is 10.8. The number of para-hydroxylation sites is 1. The number of carbonyl (C=O) groups is 1. The molecule has 1 aliphatic heterocycles. The van der Waals surface area contributed by atoms with Crippen molar-refractivity contribution in [3.8, 4) is 5.69 Å². The molecule has 1 amide bonds. The van der Waals surface area contributed by atoms with Gasteiger partial charge in [0.05, 0.1) is 11.4 Å². The number of benzene rings is 3. The first-order valence-corrected chi connectivity index (χ1v) is 10.8. The lowest BCUT2D eigenvalue weighted by atomic mass is 10.0. The summed E-state index contributed by atoms with van der Waals surface area (Å²) in [5.74, 6) is 1.08. The van der Waals surface area contributed by atoms with Crippen LogP contribution in [0.4, 0.5) is 5.69 Å². The number of nitrogens with one attached hydrogen (secondary N) is 1. The molecule has 0 saturated carbocycles. The summed E-state index contributed by atoms with van der Waals surface area (Å²) in [5.41, 5.74) is 5.24. The van der Waals surface area contributed by atoms with E-state index >= 15 is 0 Å². The molecule has 0 spiro atoms. The van der Waals surface area contributed by atoms with Crippen molar-refractivity contribution in [1.82, 2.24) is 20.1 Å². The highest BCUT2D eigenvalue weighted by Gasteiger charge is 2.29. The van der Waals surface area contributed by atoms with E-state index in [1.165, 1.54) is 0 Å². The largest absolute Gasteiger partial charge is 0.378 e. The first kappa shape index (κ1) is 20.6. The number of aliphatic imine (C=N–C) groups is 1. The fraction of sp³-hybridized carbons (Fsp3) is 0.154. The lowest BCUT2D eigenvalue weighted by Gasteiger charge is -2.16. The fourth-order valence-electron chi connectivity index (χ4n) is 4.02. The van der Waals surface area contributed by atoms with Gasteiger partial charge in [0.1, 0.15) is 5.82 Å². The summed E-state index contributed by atoms with van der Waals surface area (Å²) in [6.45, 7) is 1.90. The molecule has 7 nitrogen and oxygen atoms in total. The number of aryl methyl sites for hydroxylation is 1. The van der Waals surface area contributed by atoms with Crippen LogP contribution in [0.3, 0.4) is 0 Å². The SMILES string of the molecule is Cc1nnc2n1-c1ccccc1C(c1ccccc1)=NC2NC(=O)c1ccc(N(C)C)cc1. The van der Waals surface area contributed by atoms with E-state index in [0.29, 0.717) is 11.4 Å². The Morgan fingerprint density at radius 2 is 1.61 bits per heavy atom. The second-order valence-corrected chi connectivity index (χ2v) is 8.12. The maximum Gasteiger partial charge on any atom is 0.253 e. The van der Waals surface area contributed by atoms with Crippen molar-refractivity contribution in [1.29, 1.82) is 0 Å². The van der Waals surface area contributed by atoms with E-state index in [0.717, 1.165) is 34.0 Å². The van der Waals surface area contributed by atoms with Gasteiger partial charge in [0.25, 0.3) is 5.91 Å². The zero-order valence-corrected chi connectivity index (χ0v) is 18.7. The van der Waals surface area contributed by atoms with Crippen LogP contribution in [-0.4, -0.2) is 40.5 Å². The van der Waals surface area contributed by atoms with Crippen molar-refractivity contribution in [2.75, 3.05) is 19.0 Å². The minimum atomic E-state index is -0.699. The molecule has 0 radical (unpaired) electrons. The van der Waals surface area contributed by atoms with Gasteiger partial charge in [-0.1, -0.05) is 48.5 Å². The molecule has 0 saturated heterocycles. The molecule has 1 atom stereocenters. The first-order chi connectivity index (χ1) is 16.0. The molecule has 4 aromatic rings. The maximum absolute atomic E-state index is 13.2. The Kier molecular flexibility index (Phi) is 5.22. The predicted molar refractivity (Wildman–Crippen MR) is 129 cm³/mol. The number of rotatable bonds is 4. The monoisotopic (exact) mass is 436 g/mol. The predicted octanol–water partition coefficient (Wildman–Crippen LogP) is 3.92. The Hall–Kier alpha value is -4.26. The molecule has 5 rings (SSSR count). The summed E-state index contributed by atoms with van der Waals surface area (Å²) < 4.78 is 1.97. The molecule has 164 valence electrons. The second-order valence-electron chi connectivity index (χ2n) is 8.12. The molecule has 0 fully saturated rings. The zero-order chi connectivity index (χ0) is 22.9. The van der Waals surface area contributed by atoms with E-state index < -0.39 is 6.17 Å². The lowest BCUT2D eigenvalue weighted by molar-refractivity contribution is 0.0936. The van der Waals surface area contributed by atoms with E-state index in [-0.39, 0.29) is 5.91 Å². The van der Waals surface area contributed by atoms with Crippen LogP contribution in [0.25, 0.3) is 5.69 Å². The van der Waals surface area contributed by atoms with Crippen LogP contribution in [0.15, 0.2) is 83.9 Å². The number of nitrogens with zero attached hydrogens (tertiary/aromatic N) is 5. The minimum Gasteiger partial charge on any atom is -0.378 e. The van der Waals surface area contributed by atoms with Gasteiger partial charge < -0.3 is 10.2 Å². The summed E-state index contributed by atoms with van der Waals surface area (Å²) in [4.78, 5) is 20.2. The molecule has 1 unspecified atom stereocenters. The van der Waals surface area contributed by atoms with Crippen LogP contribution in [0, 0.1) is 6.92 Å². The normalized spacial score (nSPS) is 14.5. The highest BCUT2D eigenvalue weighted by molar-refractivity contribution is 6.15. The Morgan fingerprint density at radius 1 is 0.909 bits per heavy atom. The Labute approximate surface area is 192 Å². The van der Waals surface area contributed by atoms with Crippen LogP contribution in [0.2, 0.25) is 0 Å². The van der Waals surface area contributed by atoms with Crippen LogP contribution >= 0.6 is 0 Å². The summed E-state index contributed by atoms with van der Waals surface area (Å²) in [6.07, 6.45) is -0.699. The number of carbonyl (C=O) groups excluding carboxylic acids is 1. The minimum absolute atomic E-state index is 0.223. The highest BCUT2D eigenvalue weighted by Crippen LogP contribution is 2.30. The zero-order valence-electron chi connectivity index (χ0n) is 18.7. The number of hydrogen-bond acceptors (Lipinski definition) is 5. The Morgan fingerprint density at radius 3 is 2.33 bits per heavy atom. The van der Waals surface area contributed by atoms with Crippen LogP contribution < -0.4 is 10.2 Å². The van der Waals surface area contributed by atoms with Crippen LogP contribution in [0.5, 0.6) is 0 Å². The van der Waals surface area contributed by atoms with Crippen molar-refractivity contribution >= 4 is 17.3 Å². The molecule has 1 aliphatic rings. The van der Waals surface area contributed by atoms with Gasteiger partial charge >= 0.3 is 0 Å². The Balaban J connectivity index is 1.60. The quantitative estimate of drug-likeness (QED) is 0.526. The van der Waals surface area contributed by atoms with Crippen LogP contribution in [-0.2, 0) is 0 Å². The summed E-state index contributed by atoms with van der Waals surface area (Å²) in [6, 6.07) is 25.5. The number of anilines is 1. The maximum atomic E-state index is 13.2. The molecule has 1 aromatic heterocycles. The number of fused-ring (bicyclic) bond motifs is 3. The molecule has 2 heterocycles. The molecule has 0 aliphatic carbocycles. The molecular weight excluding hydrogens is 412 g/mol. The van der Waals surface area contributed by atoms with Gasteiger partial charge in [-0.3, -0.25) is 14.4 Å². The average molecular weight is 437 g/mol. The third-order valence-corrected chi connectivity index (χ3v) is 5.71. The standard InChI is InChI=1S/C26H24N6O/c1-17-29-30-25-24(28-26(33)19-13-15-20(16-14-19)31(2)3)27-23(18-9-5-4-6-10-18)21-11-7-8-12-22(21)32(17)25/h4-16,24H,1-3H3,(H,28,33). The van der Waals surface area contributed by atoms with E-state index in [4.69, 9.17) is 4.99 Å². The molecule has 0 bridgehead atoms. The fourth-order valence-corrected chi connectivity index (χ4v) is 4.02. The second kappa shape index (κ2) is 8.35. The van der Waals surface area contributed by atoms with E-state index in [1.54, 1.807) is 0 Å². The summed E-state index contributed by atoms with van der Waals surface area (Å²) in [7, 11) is 3.93. The molecule has 1 N–H and O–H groups in total. The van der Waals surface area contributed by atoms with Gasteiger partial charge in [-0.2, -0.15) is 0 Å². The number of amides is 1. The summed E-state index contributed by atoms with van der Waals surface area (Å²) in [5, 5.41) is 11.7. The van der Waals surface area contributed by atoms with E-state index in [9.17, 15) is 4.79 Å².